The maximum Gasteiger partial charge on any atom is 0.404 e. The molecule has 3 aromatic rings. The molecule has 0 radical (unpaired) electrons. The van der Waals surface area contributed by atoms with E-state index in [1.165, 1.54) is 0 Å². The minimum atomic E-state index is -1.22. The van der Waals surface area contributed by atoms with E-state index in [4.69, 9.17) is 10.1 Å². The van der Waals surface area contributed by atoms with Crippen molar-refractivity contribution in [2.24, 2.45) is 5.41 Å². The van der Waals surface area contributed by atoms with Gasteiger partial charge in [0.2, 0.25) is 0 Å². The van der Waals surface area contributed by atoms with Crippen LogP contribution in [0.3, 0.4) is 0 Å². The Kier molecular flexibility index (Phi) is 8.01. The predicted octanol–water partition coefficient (Wildman–Crippen LogP) is 4.18. The summed E-state index contributed by atoms with van der Waals surface area (Å²) in [5, 5.41) is 24.4. The van der Waals surface area contributed by atoms with E-state index >= 15 is 0 Å². The van der Waals surface area contributed by atoms with Gasteiger partial charge >= 0.3 is 6.09 Å². The predicted molar refractivity (Wildman–Crippen MR) is 125 cm³/mol. The monoisotopic (exact) mass is 472 g/mol. The molecule has 2 atom stereocenters. The summed E-state index contributed by atoms with van der Waals surface area (Å²) in [4.78, 5) is 15.4. The SMILES string of the molecule is CC(C)(C)[C@@H](NCC(O)CNC(=O)O)c1nc(-c2cc(F)ccc2F)cn1Cc1ccccc1. The molecule has 1 amide bonds. The van der Waals surface area contributed by atoms with Gasteiger partial charge < -0.3 is 25.4 Å². The van der Waals surface area contributed by atoms with Gasteiger partial charge in [-0.3, -0.25) is 0 Å². The zero-order chi connectivity index (χ0) is 24.9. The summed E-state index contributed by atoms with van der Waals surface area (Å²) in [5.41, 5.74) is 0.988. The first kappa shape index (κ1) is 25.3. The summed E-state index contributed by atoms with van der Waals surface area (Å²) >= 11 is 0. The fraction of sp³-hybridized carbons (Fsp3) is 0.360. The van der Waals surface area contributed by atoms with Crippen LogP contribution in [0.15, 0.2) is 54.7 Å². The van der Waals surface area contributed by atoms with Crippen LogP contribution in [0.1, 0.15) is 38.2 Å². The van der Waals surface area contributed by atoms with Crippen LogP contribution in [0.2, 0.25) is 0 Å². The number of carboxylic acid groups (broad SMARTS) is 1. The number of halogens is 2. The molecule has 3 rings (SSSR count). The second-order valence-electron chi connectivity index (χ2n) is 9.27. The number of nitrogens with zero attached hydrogens (tertiary/aromatic N) is 2. The molecule has 4 N–H and O–H groups in total. The van der Waals surface area contributed by atoms with Crippen LogP contribution in [-0.2, 0) is 6.54 Å². The number of aliphatic hydroxyl groups is 1. The topological polar surface area (TPSA) is 99.4 Å². The Labute approximate surface area is 197 Å². The molecule has 0 bridgehead atoms. The van der Waals surface area contributed by atoms with Crippen molar-refractivity contribution >= 4 is 6.09 Å². The van der Waals surface area contributed by atoms with E-state index in [1.54, 1.807) is 6.20 Å². The molecule has 0 aliphatic rings. The van der Waals surface area contributed by atoms with E-state index in [-0.39, 0.29) is 30.1 Å². The Hall–Kier alpha value is -3.30. The number of hydrogen-bond donors (Lipinski definition) is 4. The van der Waals surface area contributed by atoms with Crippen molar-refractivity contribution in [1.29, 1.82) is 0 Å². The van der Waals surface area contributed by atoms with Gasteiger partial charge in [-0.05, 0) is 29.2 Å². The Balaban J connectivity index is 1.99. The Morgan fingerprint density at radius 3 is 2.47 bits per heavy atom. The second-order valence-corrected chi connectivity index (χ2v) is 9.27. The molecular weight excluding hydrogens is 442 g/mol. The maximum absolute atomic E-state index is 14.5. The summed E-state index contributed by atoms with van der Waals surface area (Å²) in [5.74, 6) is -0.545. The number of benzene rings is 2. The van der Waals surface area contributed by atoms with E-state index in [2.05, 4.69) is 10.6 Å². The largest absolute Gasteiger partial charge is 0.465 e. The van der Waals surface area contributed by atoms with Crippen molar-refractivity contribution in [3.63, 3.8) is 0 Å². The molecule has 34 heavy (non-hydrogen) atoms. The first-order valence-corrected chi connectivity index (χ1v) is 11.0. The highest BCUT2D eigenvalue weighted by Gasteiger charge is 2.31. The van der Waals surface area contributed by atoms with E-state index in [0.717, 1.165) is 23.8 Å². The highest BCUT2D eigenvalue weighted by Crippen LogP contribution is 2.34. The van der Waals surface area contributed by atoms with Crippen molar-refractivity contribution in [3.05, 3.63) is 77.8 Å². The van der Waals surface area contributed by atoms with Crippen LogP contribution >= 0.6 is 0 Å². The third kappa shape index (κ3) is 6.61. The number of rotatable bonds is 9. The van der Waals surface area contributed by atoms with Gasteiger partial charge in [-0.25, -0.2) is 18.6 Å². The van der Waals surface area contributed by atoms with E-state index in [1.807, 2.05) is 55.7 Å². The third-order valence-electron chi connectivity index (χ3n) is 5.38. The van der Waals surface area contributed by atoms with Crippen LogP contribution in [0.5, 0.6) is 0 Å². The van der Waals surface area contributed by atoms with Crippen molar-refractivity contribution in [2.75, 3.05) is 13.1 Å². The molecule has 9 heteroatoms. The van der Waals surface area contributed by atoms with Crippen LogP contribution < -0.4 is 10.6 Å². The normalized spacial score (nSPS) is 13.5. The van der Waals surface area contributed by atoms with Gasteiger partial charge in [-0.15, -0.1) is 0 Å². The van der Waals surface area contributed by atoms with Crippen molar-refractivity contribution in [1.82, 2.24) is 20.2 Å². The fourth-order valence-electron chi connectivity index (χ4n) is 3.71. The lowest BCUT2D eigenvalue weighted by Gasteiger charge is -2.32. The Morgan fingerprint density at radius 1 is 1.12 bits per heavy atom. The zero-order valence-electron chi connectivity index (χ0n) is 19.4. The van der Waals surface area contributed by atoms with Gasteiger partial charge in [-0.2, -0.15) is 0 Å². The molecule has 1 unspecified atom stereocenters. The number of aliphatic hydroxyl groups excluding tert-OH is 1. The smallest absolute Gasteiger partial charge is 0.404 e. The number of nitrogens with one attached hydrogen (secondary N) is 2. The second kappa shape index (κ2) is 10.8. The first-order chi connectivity index (χ1) is 16.0. The highest BCUT2D eigenvalue weighted by atomic mass is 19.1. The van der Waals surface area contributed by atoms with Gasteiger partial charge in [0.1, 0.15) is 17.5 Å². The van der Waals surface area contributed by atoms with Crippen LogP contribution in [-0.4, -0.2) is 45.1 Å². The third-order valence-corrected chi connectivity index (χ3v) is 5.38. The van der Waals surface area contributed by atoms with E-state index < -0.39 is 23.8 Å². The summed E-state index contributed by atoms with van der Waals surface area (Å²) in [6.45, 7) is 6.42. The number of hydrogen-bond acceptors (Lipinski definition) is 4. The lowest BCUT2D eigenvalue weighted by molar-refractivity contribution is 0.141. The van der Waals surface area contributed by atoms with Gasteiger partial charge in [-0.1, -0.05) is 51.1 Å². The van der Waals surface area contributed by atoms with Crippen LogP contribution in [0, 0.1) is 17.0 Å². The average molecular weight is 473 g/mol. The number of imidazole rings is 1. The molecule has 2 aromatic carbocycles. The number of amides is 1. The summed E-state index contributed by atoms with van der Waals surface area (Å²) in [6, 6.07) is 12.6. The summed E-state index contributed by atoms with van der Waals surface area (Å²) in [6.07, 6.45) is -0.478. The minimum absolute atomic E-state index is 0.0615. The molecule has 0 saturated carbocycles. The molecule has 0 spiro atoms. The summed E-state index contributed by atoms with van der Waals surface area (Å²) in [7, 11) is 0. The highest BCUT2D eigenvalue weighted by molar-refractivity contribution is 5.64. The fourth-order valence-corrected chi connectivity index (χ4v) is 3.71. The van der Waals surface area contributed by atoms with Gasteiger partial charge in [0.25, 0.3) is 0 Å². The van der Waals surface area contributed by atoms with E-state index in [9.17, 15) is 18.7 Å². The molecule has 0 fully saturated rings. The molecular formula is C25H30F2N4O3. The average Bonchev–Trinajstić information content (AvgIpc) is 3.16. The molecule has 0 aliphatic heterocycles. The standard InChI is InChI=1S/C25H30F2N4O3/c1-25(2,3)22(28-12-18(32)13-29-24(33)34)23-30-21(19-11-17(26)9-10-20(19)27)15-31(23)14-16-7-5-4-6-8-16/h4-11,15,18,22,28-29,32H,12-14H2,1-3H3,(H,33,34)/t18?,22-/m0/s1. The molecule has 1 aromatic heterocycles. The molecule has 0 saturated heterocycles. The van der Waals surface area contributed by atoms with Crippen molar-refractivity contribution in [2.45, 2.75) is 39.5 Å². The van der Waals surface area contributed by atoms with Crippen LogP contribution in [0.25, 0.3) is 11.3 Å². The van der Waals surface area contributed by atoms with Gasteiger partial charge in [0, 0.05) is 31.4 Å². The molecule has 0 aliphatic carbocycles. The number of aromatic nitrogens is 2. The first-order valence-electron chi connectivity index (χ1n) is 11.0. The molecule has 1 heterocycles. The minimum Gasteiger partial charge on any atom is -0.465 e. The number of carbonyl (C=O) groups is 1. The Morgan fingerprint density at radius 2 is 1.82 bits per heavy atom. The van der Waals surface area contributed by atoms with Gasteiger partial charge in [0.05, 0.1) is 17.8 Å². The maximum atomic E-state index is 14.5. The van der Waals surface area contributed by atoms with E-state index in [0.29, 0.717) is 18.1 Å². The Bertz CT molecular complexity index is 1110. The molecule has 7 nitrogen and oxygen atoms in total. The van der Waals surface area contributed by atoms with Crippen molar-refractivity contribution in [3.8, 4) is 11.3 Å². The zero-order valence-corrected chi connectivity index (χ0v) is 19.4. The van der Waals surface area contributed by atoms with Gasteiger partial charge in [0.15, 0.2) is 0 Å². The lowest BCUT2D eigenvalue weighted by atomic mass is 9.86. The van der Waals surface area contributed by atoms with Crippen LogP contribution in [0.4, 0.5) is 13.6 Å². The van der Waals surface area contributed by atoms with Crippen molar-refractivity contribution < 1.29 is 23.8 Å². The molecule has 182 valence electrons. The lowest BCUT2D eigenvalue weighted by Crippen LogP contribution is -2.42. The summed E-state index contributed by atoms with van der Waals surface area (Å²) < 4.78 is 30.3. The quantitative estimate of drug-likeness (QED) is 0.374.